The number of carbonyl (C=O) groups excluding carboxylic acids is 1. The van der Waals surface area contributed by atoms with Crippen molar-refractivity contribution in [2.24, 2.45) is 10.2 Å². The van der Waals surface area contributed by atoms with E-state index in [1.807, 2.05) is 0 Å². The first-order valence-corrected chi connectivity index (χ1v) is 8.68. The number of halogens is 2. The number of azo groups is 1. The molecule has 1 aromatic heterocycles. The first kappa shape index (κ1) is 19.8. The van der Waals surface area contributed by atoms with Crippen LogP contribution in [0.4, 0.5) is 5.69 Å². The van der Waals surface area contributed by atoms with Crippen LogP contribution in [0.2, 0.25) is 10.0 Å². The molecule has 0 aliphatic carbocycles. The highest BCUT2D eigenvalue weighted by Gasteiger charge is 2.17. The molecule has 3 N–H and O–H groups in total. The molecule has 146 valence electrons. The number of hydrogen-bond acceptors (Lipinski definition) is 6. The maximum atomic E-state index is 12.2. The lowest BCUT2D eigenvalue weighted by atomic mass is 10.1. The van der Waals surface area contributed by atoms with E-state index >= 15 is 0 Å². The molecule has 8 nitrogen and oxygen atoms in total. The lowest BCUT2D eigenvalue weighted by Gasteiger charge is -2.10. The fourth-order valence-electron chi connectivity index (χ4n) is 2.66. The van der Waals surface area contributed by atoms with Crippen molar-refractivity contribution in [3.05, 3.63) is 39.9 Å². The van der Waals surface area contributed by atoms with Gasteiger partial charge in [0.05, 0.1) is 41.6 Å². The summed E-state index contributed by atoms with van der Waals surface area (Å²) in [6.07, 6.45) is -0.131. The Morgan fingerprint density at radius 2 is 1.71 bits per heavy atom. The lowest BCUT2D eigenvalue weighted by Crippen LogP contribution is -2.00. The number of phenols is 1. The summed E-state index contributed by atoms with van der Waals surface area (Å²) in [5, 5.41) is 28.4. The molecular formula is C18H15Cl2N3O5. The molecule has 10 heteroatoms. The van der Waals surface area contributed by atoms with Gasteiger partial charge in [0.2, 0.25) is 11.6 Å². The maximum absolute atomic E-state index is 12.2. The summed E-state index contributed by atoms with van der Waals surface area (Å²) in [4.78, 5) is 14.9. The van der Waals surface area contributed by atoms with Gasteiger partial charge >= 0.3 is 0 Å². The van der Waals surface area contributed by atoms with Crippen molar-refractivity contribution in [3.8, 4) is 23.1 Å². The Labute approximate surface area is 169 Å². The van der Waals surface area contributed by atoms with E-state index in [0.717, 1.165) is 0 Å². The van der Waals surface area contributed by atoms with Gasteiger partial charge in [-0.05, 0) is 29.8 Å². The van der Waals surface area contributed by atoms with E-state index in [0.29, 0.717) is 26.5 Å². The number of aromatic amines is 1. The molecule has 1 amide bonds. The lowest BCUT2D eigenvalue weighted by molar-refractivity contribution is -0.117. The standard InChI is InChI=1S/C18H15Cl2N3O5/c1-27-11-5-8(6-12(28-2)17(11)25)7-13(24)22-23-16-14-9(19)3-4-10(20)15(14)21-18(16)26/h3-6,21,25-26H,7H2,1-2H3. The van der Waals surface area contributed by atoms with Gasteiger partial charge in [0.15, 0.2) is 17.2 Å². The second-order valence-electron chi connectivity index (χ2n) is 5.72. The molecule has 28 heavy (non-hydrogen) atoms. The minimum atomic E-state index is -0.596. The van der Waals surface area contributed by atoms with Crippen molar-refractivity contribution in [1.82, 2.24) is 4.98 Å². The highest BCUT2D eigenvalue weighted by Crippen LogP contribution is 2.42. The number of methoxy groups -OCH3 is 2. The number of aromatic hydroxyl groups is 2. The number of amides is 1. The van der Waals surface area contributed by atoms with Crippen molar-refractivity contribution in [1.29, 1.82) is 0 Å². The molecule has 0 unspecified atom stereocenters. The Morgan fingerprint density at radius 3 is 2.32 bits per heavy atom. The maximum Gasteiger partial charge on any atom is 0.269 e. The van der Waals surface area contributed by atoms with E-state index < -0.39 is 5.91 Å². The highest BCUT2D eigenvalue weighted by molar-refractivity contribution is 6.41. The van der Waals surface area contributed by atoms with Gasteiger partial charge in [-0.25, -0.2) is 0 Å². The van der Waals surface area contributed by atoms with E-state index in [4.69, 9.17) is 32.7 Å². The Kier molecular flexibility index (Phi) is 5.62. The Bertz CT molecular complexity index is 1070. The van der Waals surface area contributed by atoms with E-state index in [2.05, 4.69) is 15.2 Å². The summed E-state index contributed by atoms with van der Waals surface area (Å²) < 4.78 is 10.1. The van der Waals surface area contributed by atoms with Crippen LogP contribution in [0.1, 0.15) is 5.56 Å². The SMILES string of the molecule is COc1cc(CC(=O)N=Nc2c(O)[nH]c3c(Cl)ccc(Cl)c23)cc(OC)c1O. The van der Waals surface area contributed by atoms with Gasteiger partial charge in [-0.15, -0.1) is 10.2 Å². The number of fused-ring (bicyclic) bond motifs is 1. The van der Waals surface area contributed by atoms with Crippen LogP contribution in [0.3, 0.4) is 0 Å². The molecule has 3 rings (SSSR count). The molecule has 0 atom stereocenters. The summed E-state index contributed by atoms with van der Waals surface area (Å²) in [5.74, 6) is -0.751. The molecular weight excluding hydrogens is 409 g/mol. The Balaban J connectivity index is 1.89. The van der Waals surface area contributed by atoms with Crippen molar-refractivity contribution in [2.75, 3.05) is 14.2 Å². The van der Waals surface area contributed by atoms with Crippen LogP contribution in [0.15, 0.2) is 34.5 Å². The predicted molar refractivity (Wildman–Crippen MR) is 104 cm³/mol. The number of nitrogens with zero attached hydrogens (tertiary/aromatic N) is 2. The highest BCUT2D eigenvalue weighted by atomic mass is 35.5. The second kappa shape index (κ2) is 7.95. The van der Waals surface area contributed by atoms with Crippen LogP contribution in [-0.2, 0) is 11.2 Å². The van der Waals surface area contributed by atoms with Gasteiger partial charge < -0.3 is 24.7 Å². The molecule has 2 aromatic carbocycles. The summed E-state index contributed by atoms with van der Waals surface area (Å²) >= 11 is 12.2. The third-order valence-corrected chi connectivity index (χ3v) is 4.59. The Morgan fingerprint density at radius 1 is 1.11 bits per heavy atom. The zero-order chi connectivity index (χ0) is 20.4. The van der Waals surface area contributed by atoms with Crippen LogP contribution < -0.4 is 9.47 Å². The largest absolute Gasteiger partial charge is 0.502 e. The zero-order valence-corrected chi connectivity index (χ0v) is 16.3. The molecule has 0 aliphatic rings. The monoisotopic (exact) mass is 423 g/mol. The molecule has 0 spiro atoms. The van der Waals surface area contributed by atoms with Gasteiger partial charge in [-0.3, -0.25) is 4.79 Å². The molecule has 0 saturated heterocycles. The molecule has 3 aromatic rings. The quantitative estimate of drug-likeness (QED) is 0.511. The summed E-state index contributed by atoms with van der Waals surface area (Å²) in [6.45, 7) is 0. The topological polar surface area (TPSA) is 116 Å². The van der Waals surface area contributed by atoms with E-state index in [9.17, 15) is 15.0 Å². The van der Waals surface area contributed by atoms with E-state index in [1.165, 1.54) is 26.4 Å². The average molecular weight is 424 g/mol. The van der Waals surface area contributed by atoms with Gasteiger partial charge in [-0.2, -0.15) is 0 Å². The number of phenolic OH excluding ortho intramolecular Hbond substituents is 1. The first-order chi connectivity index (χ1) is 13.3. The van der Waals surface area contributed by atoms with Gasteiger partial charge in [0, 0.05) is 0 Å². The summed E-state index contributed by atoms with van der Waals surface area (Å²) in [5.41, 5.74) is 0.900. The number of aromatic nitrogens is 1. The number of ether oxygens (including phenoxy) is 2. The van der Waals surface area contributed by atoms with Crippen molar-refractivity contribution >= 4 is 45.7 Å². The van der Waals surface area contributed by atoms with Crippen LogP contribution >= 0.6 is 23.2 Å². The predicted octanol–water partition coefficient (Wildman–Crippen LogP) is 4.76. The Hall–Kier alpha value is -2.97. The molecule has 0 fully saturated rings. The normalized spacial score (nSPS) is 11.3. The van der Waals surface area contributed by atoms with Crippen LogP contribution in [0.5, 0.6) is 23.1 Å². The summed E-state index contributed by atoms with van der Waals surface area (Å²) in [7, 11) is 2.77. The summed E-state index contributed by atoms with van der Waals surface area (Å²) in [6, 6.07) is 6.10. The average Bonchev–Trinajstić information content (AvgIpc) is 3.01. The van der Waals surface area contributed by atoms with Gasteiger partial charge in [-0.1, -0.05) is 23.2 Å². The molecule has 0 bridgehead atoms. The molecule has 1 heterocycles. The number of benzene rings is 2. The smallest absolute Gasteiger partial charge is 0.269 e. The van der Waals surface area contributed by atoms with Crippen LogP contribution in [-0.4, -0.2) is 35.3 Å². The number of rotatable bonds is 5. The molecule has 0 saturated carbocycles. The fraction of sp³-hybridized carbons (Fsp3) is 0.167. The van der Waals surface area contributed by atoms with Crippen molar-refractivity contribution < 1.29 is 24.5 Å². The third-order valence-electron chi connectivity index (χ3n) is 3.96. The number of H-pyrrole nitrogens is 1. The second-order valence-corrected chi connectivity index (χ2v) is 6.54. The van der Waals surface area contributed by atoms with Gasteiger partial charge in [0.1, 0.15) is 0 Å². The number of hydrogen-bond donors (Lipinski definition) is 3. The van der Waals surface area contributed by atoms with E-state index in [1.54, 1.807) is 12.1 Å². The minimum Gasteiger partial charge on any atom is -0.502 e. The van der Waals surface area contributed by atoms with E-state index in [-0.39, 0.29) is 35.2 Å². The molecule has 0 aliphatic heterocycles. The van der Waals surface area contributed by atoms with Crippen molar-refractivity contribution in [3.63, 3.8) is 0 Å². The zero-order valence-electron chi connectivity index (χ0n) is 14.8. The van der Waals surface area contributed by atoms with Gasteiger partial charge in [0.25, 0.3) is 5.91 Å². The molecule has 0 radical (unpaired) electrons. The van der Waals surface area contributed by atoms with Crippen LogP contribution in [0.25, 0.3) is 10.9 Å². The van der Waals surface area contributed by atoms with Crippen LogP contribution in [0, 0.1) is 0 Å². The number of nitrogens with one attached hydrogen (secondary N) is 1. The minimum absolute atomic E-state index is 0.0108. The number of carbonyl (C=O) groups is 1. The third kappa shape index (κ3) is 3.69. The first-order valence-electron chi connectivity index (χ1n) is 7.92. The fourth-order valence-corrected chi connectivity index (χ4v) is 3.12. The van der Waals surface area contributed by atoms with Crippen molar-refractivity contribution in [2.45, 2.75) is 6.42 Å².